The molecule has 0 radical (unpaired) electrons. The molecule has 0 aromatic heterocycles. The SMILES string of the molecule is O=C(O)C1CCC(O)CC1C(=O)NC1CCC(OC2CCC(NC(=O)C3CC([N+](=O)[O-])CCC3C(=O)O)CC2)CC1. The fourth-order valence-corrected chi connectivity index (χ4v) is 7.23. The van der Waals surface area contributed by atoms with Gasteiger partial charge < -0.3 is 30.7 Å². The van der Waals surface area contributed by atoms with Crippen molar-refractivity contribution >= 4 is 23.8 Å². The number of aliphatic carboxylic acids is 2. The smallest absolute Gasteiger partial charge is 0.307 e. The summed E-state index contributed by atoms with van der Waals surface area (Å²) in [4.78, 5) is 59.8. The minimum Gasteiger partial charge on any atom is -0.481 e. The van der Waals surface area contributed by atoms with E-state index < -0.39 is 58.6 Å². The second-order valence-electron chi connectivity index (χ2n) is 12.4. The number of ether oxygens (including phenoxy) is 1. The van der Waals surface area contributed by atoms with E-state index in [2.05, 4.69) is 10.6 Å². The van der Waals surface area contributed by atoms with Gasteiger partial charge in [0.15, 0.2) is 0 Å². The Kier molecular flexibility index (Phi) is 10.6. The van der Waals surface area contributed by atoms with Gasteiger partial charge >= 0.3 is 11.9 Å². The summed E-state index contributed by atoms with van der Waals surface area (Å²) in [6, 6.07) is -1.06. The third kappa shape index (κ3) is 8.15. The highest BCUT2D eigenvalue weighted by Crippen LogP contribution is 2.34. The third-order valence-electron chi connectivity index (χ3n) is 9.68. The van der Waals surface area contributed by atoms with E-state index in [9.17, 15) is 44.6 Å². The predicted molar refractivity (Wildman–Crippen MR) is 143 cm³/mol. The number of amides is 2. The summed E-state index contributed by atoms with van der Waals surface area (Å²) in [5.41, 5.74) is 0. The van der Waals surface area contributed by atoms with Gasteiger partial charge in [0.05, 0.1) is 42.0 Å². The quantitative estimate of drug-likeness (QED) is 0.197. The van der Waals surface area contributed by atoms with Gasteiger partial charge in [0.2, 0.25) is 17.9 Å². The second-order valence-corrected chi connectivity index (χ2v) is 12.4. The van der Waals surface area contributed by atoms with Gasteiger partial charge in [0.25, 0.3) is 0 Å². The van der Waals surface area contributed by atoms with Gasteiger partial charge in [-0.3, -0.25) is 29.3 Å². The van der Waals surface area contributed by atoms with Crippen molar-refractivity contribution < 1.29 is 44.2 Å². The molecular weight excluding hydrogens is 538 g/mol. The van der Waals surface area contributed by atoms with Gasteiger partial charge in [0, 0.05) is 29.8 Å². The van der Waals surface area contributed by atoms with Crippen molar-refractivity contribution in [3.8, 4) is 0 Å². The number of rotatable bonds is 9. The Balaban J connectivity index is 1.17. The molecule has 4 rings (SSSR count). The lowest BCUT2D eigenvalue weighted by atomic mass is 9.76. The topological polar surface area (TPSA) is 205 Å². The number of hydrogen-bond acceptors (Lipinski definition) is 8. The molecular formula is C28H43N3O10. The fraction of sp³-hybridized carbons (Fsp3) is 0.857. The fourth-order valence-electron chi connectivity index (χ4n) is 7.23. The zero-order valence-corrected chi connectivity index (χ0v) is 23.3. The van der Waals surface area contributed by atoms with Crippen LogP contribution in [0.1, 0.15) is 89.9 Å². The highest BCUT2D eigenvalue weighted by atomic mass is 16.6. The molecule has 13 heteroatoms. The molecule has 4 aliphatic rings. The summed E-state index contributed by atoms with van der Waals surface area (Å²) in [7, 11) is 0. The molecule has 5 N–H and O–H groups in total. The normalized spacial score (nSPS) is 37.9. The Labute approximate surface area is 238 Å². The van der Waals surface area contributed by atoms with E-state index in [0.29, 0.717) is 25.7 Å². The minimum atomic E-state index is -1.09. The summed E-state index contributed by atoms with van der Waals surface area (Å²) in [6.45, 7) is 0. The molecule has 41 heavy (non-hydrogen) atoms. The van der Waals surface area contributed by atoms with Crippen molar-refractivity contribution in [2.75, 3.05) is 0 Å². The molecule has 6 atom stereocenters. The maximum absolute atomic E-state index is 12.9. The van der Waals surface area contributed by atoms with Crippen molar-refractivity contribution in [2.45, 2.75) is 126 Å². The number of nitro groups is 1. The molecule has 230 valence electrons. The number of hydrogen-bond donors (Lipinski definition) is 5. The number of aliphatic hydroxyl groups excluding tert-OH is 1. The van der Waals surface area contributed by atoms with Crippen LogP contribution in [0.3, 0.4) is 0 Å². The van der Waals surface area contributed by atoms with E-state index in [4.69, 9.17) is 4.74 Å². The van der Waals surface area contributed by atoms with Gasteiger partial charge in [-0.15, -0.1) is 0 Å². The van der Waals surface area contributed by atoms with Crippen LogP contribution in [0.4, 0.5) is 0 Å². The van der Waals surface area contributed by atoms with Crippen molar-refractivity contribution in [1.82, 2.24) is 10.6 Å². The molecule has 0 bridgehead atoms. The Morgan fingerprint density at radius 2 is 1.07 bits per heavy atom. The highest BCUT2D eigenvalue weighted by Gasteiger charge is 2.44. The first-order chi connectivity index (χ1) is 19.5. The van der Waals surface area contributed by atoms with Gasteiger partial charge in [0.1, 0.15) is 0 Å². The van der Waals surface area contributed by atoms with E-state index in [1.165, 1.54) is 0 Å². The highest BCUT2D eigenvalue weighted by molar-refractivity contribution is 5.85. The van der Waals surface area contributed by atoms with Crippen LogP contribution in [0, 0.1) is 33.8 Å². The lowest BCUT2D eigenvalue weighted by Gasteiger charge is -2.37. The van der Waals surface area contributed by atoms with Crippen LogP contribution >= 0.6 is 0 Å². The largest absolute Gasteiger partial charge is 0.481 e. The van der Waals surface area contributed by atoms with E-state index in [1.54, 1.807) is 0 Å². The van der Waals surface area contributed by atoms with E-state index >= 15 is 0 Å². The molecule has 0 aromatic rings. The van der Waals surface area contributed by atoms with Crippen LogP contribution < -0.4 is 10.6 Å². The Morgan fingerprint density at radius 3 is 1.51 bits per heavy atom. The van der Waals surface area contributed by atoms with Gasteiger partial charge in [-0.1, -0.05) is 0 Å². The summed E-state index contributed by atoms with van der Waals surface area (Å²) in [5, 5.41) is 46.1. The summed E-state index contributed by atoms with van der Waals surface area (Å²) in [6.07, 6.45) is 6.40. The Bertz CT molecular complexity index is 976. The maximum Gasteiger partial charge on any atom is 0.307 e. The van der Waals surface area contributed by atoms with E-state index in [0.717, 1.165) is 38.5 Å². The zero-order chi connectivity index (χ0) is 29.7. The molecule has 0 aliphatic heterocycles. The first-order valence-corrected chi connectivity index (χ1v) is 15.0. The van der Waals surface area contributed by atoms with Gasteiger partial charge in [-0.25, -0.2) is 0 Å². The molecule has 0 saturated heterocycles. The number of carboxylic acids is 2. The monoisotopic (exact) mass is 581 g/mol. The molecule has 2 amide bonds. The zero-order valence-electron chi connectivity index (χ0n) is 23.3. The second kappa shape index (κ2) is 13.9. The van der Waals surface area contributed by atoms with Gasteiger partial charge in [-0.2, -0.15) is 0 Å². The lowest BCUT2D eigenvalue weighted by Crippen LogP contribution is -2.48. The van der Waals surface area contributed by atoms with Crippen LogP contribution in [0.5, 0.6) is 0 Å². The standard InChI is InChI=1S/C28H43N3O10/c32-18-6-12-22(28(37)38)24(14-18)26(34)30-16-3-9-20(10-4-16)41-19-7-1-15(2-8-19)29-25(33)23-13-17(31(39)40)5-11-21(23)27(35)36/h15-24,32H,1-14H2,(H,29,33)(H,30,34)(H,35,36)(H,37,38). The van der Waals surface area contributed by atoms with Crippen LogP contribution in [0.2, 0.25) is 0 Å². The summed E-state index contributed by atoms with van der Waals surface area (Å²) < 4.78 is 6.33. The van der Waals surface area contributed by atoms with Crippen molar-refractivity contribution in [3.05, 3.63) is 10.1 Å². The molecule has 6 unspecified atom stereocenters. The molecule has 0 aromatic carbocycles. The number of nitrogens with one attached hydrogen (secondary N) is 2. The van der Waals surface area contributed by atoms with Gasteiger partial charge in [-0.05, 0) is 77.0 Å². The van der Waals surface area contributed by atoms with E-state index in [-0.39, 0.29) is 55.9 Å². The first-order valence-electron chi connectivity index (χ1n) is 15.0. The average Bonchev–Trinajstić information content (AvgIpc) is 2.94. The minimum absolute atomic E-state index is 0.0414. The number of aliphatic hydroxyl groups is 1. The lowest BCUT2D eigenvalue weighted by molar-refractivity contribution is -0.528. The average molecular weight is 582 g/mol. The van der Waals surface area contributed by atoms with Crippen molar-refractivity contribution in [3.63, 3.8) is 0 Å². The number of carbonyl (C=O) groups excluding carboxylic acids is 2. The van der Waals surface area contributed by atoms with E-state index in [1.807, 2.05) is 0 Å². The number of carboxylic acid groups (broad SMARTS) is 2. The Hall–Kier alpha value is -2.80. The molecule has 4 fully saturated rings. The van der Waals surface area contributed by atoms with Crippen molar-refractivity contribution in [2.24, 2.45) is 23.7 Å². The number of carbonyl (C=O) groups is 4. The molecule has 4 saturated carbocycles. The summed E-state index contributed by atoms with van der Waals surface area (Å²) >= 11 is 0. The van der Waals surface area contributed by atoms with Crippen LogP contribution in [-0.2, 0) is 23.9 Å². The Morgan fingerprint density at radius 1 is 0.634 bits per heavy atom. The van der Waals surface area contributed by atoms with Crippen molar-refractivity contribution in [1.29, 1.82) is 0 Å². The maximum atomic E-state index is 12.9. The molecule has 0 heterocycles. The van der Waals surface area contributed by atoms with Crippen LogP contribution in [0.25, 0.3) is 0 Å². The molecule has 0 spiro atoms. The first kappa shape index (κ1) is 31.1. The number of nitrogens with zero attached hydrogens (tertiary/aromatic N) is 1. The molecule has 13 nitrogen and oxygen atoms in total. The summed E-state index contributed by atoms with van der Waals surface area (Å²) in [5.74, 6) is -6.08. The predicted octanol–water partition coefficient (Wildman–Crippen LogP) is 1.87. The van der Waals surface area contributed by atoms with Crippen LogP contribution in [0.15, 0.2) is 0 Å². The third-order valence-corrected chi connectivity index (χ3v) is 9.68. The molecule has 4 aliphatic carbocycles. The van der Waals surface area contributed by atoms with Crippen LogP contribution in [-0.4, -0.2) is 80.4 Å².